The molecule has 2 atom stereocenters. The molecule has 2 aliphatic heterocycles. The molecule has 1 aromatic rings. The Bertz CT molecular complexity index is 368. The van der Waals surface area contributed by atoms with Crippen molar-refractivity contribution in [1.29, 1.82) is 0 Å². The molecule has 98 valence electrons. The third kappa shape index (κ3) is 2.31. The van der Waals surface area contributed by atoms with E-state index in [0.717, 1.165) is 39.0 Å². The van der Waals surface area contributed by atoms with Crippen LogP contribution >= 0.6 is 0 Å². The lowest BCUT2D eigenvalue weighted by molar-refractivity contribution is 0.198. The summed E-state index contributed by atoms with van der Waals surface area (Å²) in [6.45, 7) is 3.34. The number of aliphatic hydroxyl groups is 2. The molecule has 18 heavy (non-hydrogen) atoms. The van der Waals surface area contributed by atoms with Crippen LogP contribution in [0.5, 0.6) is 0 Å². The van der Waals surface area contributed by atoms with E-state index in [0.29, 0.717) is 0 Å². The topological polar surface area (TPSA) is 46.9 Å². The molecule has 0 spiro atoms. The van der Waals surface area contributed by atoms with Gasteiger partial charge in [-0.15, -0.1) is 0 Å². The van der Waals surface area contributed by atoms with E-state index in [4.69, 9.17) is 0 Å². The van der Waals surface area contributed by atoms with Gasteiger partial charge < -0.3 is 20.0 Å². The highest BCUT2D eigenvalue weighted by molar-refractivity contribution is 5.57. The van der Waals surface area contributed by atoms with Crippen molar-refractivity contribution in [2.24, 2.45) is 0 Å². The van der Waals surface area contributed by atoms with Gasteiger partial charge in [0.2, 0.25) is 0 Å². The van der Waals surface area contributed by atoms with Gasteiger partial charge in [-0.2, -0.15) is 0 Å². The molecule has 2 unspecified atom stereocenters. The van der Waals surface area contributed by atoms with Crippen molar-refractivity contribution < 1.29 is 10.2 Å². The number of anilines is 2. The Hall–Kier alpha value is -1.26. The molecule has 4 nitrogen and oxygen atoms in total. The van der Waals surface area contributed by atoms with E-state index in [2.05, 4.69) is 34.1 Å². The van der Waals surface area contributed by atoms with E-state index in [-0.39, 0.29) is 12.2 Å². The molecule has 0 amide bonds. The monoisotopic (exact) mass is 248 g/mol. The minimum absolute atomic E-state index is 0.182. The van der Waals surface area contributed by atoms with Gasteiger partial charge in [-0.05, 0) is 37.1 Å². The van der Waals surface area contributed by atoms with E-state index in [1.807, 2.05) is 0 Å². The Balaban J connectivity index is 1.69. The van der Waals surface area contributed by atoms with E-state index in [1.165, 1.54) is 11.4 Å². The highest BCUT2D eigenvalue weighted by atomic mass is 16.3. The van der Waals surface area contributed by atoms with Gasteiger partial charge in [0, 0.05) is 37.6 Å². The van der Waals surface area contributed by atoms with Crippen LogP contribution < -0.4 is 9.80 Å². The van der Waals surface area contributed by atoms with Gasteiger partial charge in [-0.25, -0.2) is 0 Å². The Morgan fingerprint density at radius 3 is 1.44 bits per heavy atom. The lowest BCUT2D eigenvalue weighted by atomic mass is 10.2. The van der Waals surface area contributed by atoms with E-state index < -0.39 is 0 Å². The maximum atomic E-state index is 9.54. The van der Waals surface area contributed by atoms with Gasteiger partial charge in [0.1, 0.15) is 0 Å². The maximum Gasteiger partial charge on any atom is 0.0731 e. The summed E-state index contributed by atoms with van der Waals surface area (Å²) < 4.78 is 0. The molecular weight excluding hydrogens is 228 g/mol. The van der Waals surface area contributed by atoms with Crippen molar-refractivity contribution in [3.05, 3.63) is 24.3 Å². The summed E-state index contributed by atoms with van der Waals surface area (Å²) in [7, 11) is 0. The molecule has 2 aliphatic rings. The fraction of sp³-hybridized carbons (Fsp3) is 0.571. The molecule has 0 bridgehead atoms. The van der Waals surface area contributed by atoms with E-state index in [1.54, 1.807) is 0 Å². The van der Waals surface area contributed by atoms with Crippen LogP contribution in [-0.4, -0.2) is 48.6 Å². The molecule has 2 saturated heterocycles. The number of β-amino-alcohol motifs (C(OH)–C–C–N with tert-alkyl or cyclic N) is 2. The van der Waals surface area contributed by atoms with Crippen LogP contribution in [0.3, 0.4) is 0 Å². The number of aliphatic hydroxyl groups excluding tert-OH is 2. The first-order chi connectivity index (χ1) is 8.72. The SMILES string of the molecule is OC1CCN(c2ccc(N3CCC(O)C3)cc2)C1. The second-order valence-electron chi connectivity index (χ2n) is 5.29. The number of rotatable bonds is 2. The first-order valence-corrected chi connectivity index (χ1v) is 6.68. The lowest BCUT2D eigenvalue weighted by Crippen LogP contribution is -2.22. The van der Waals surface area contributed by atoms with Gasteiger partial charge in [0.15, 0.2) is 0 Å². The normalized spacial score (nSPS) is 28.1. The molecule has 2 N–H and O–H groups in total. The standard InChI is InChI=1S/C14H20N2O2/c17-13-5-7-15(9-13)11-1-2-12(4-3-11)16-8-6-14(18)10-16/h1-4,13-14,17-18H,5-10H2. The Labute approximate surface area is 107 Å². The predicted molar refractivity (Wildman–Crippen MR) is 72.1 cm³/mol. The van der Waals surface area contributed by atoms with Gasteiger partial charge in [-0.1, -0.05) is 0 Å². The van der Waals surface area contributed by atoms with Crippen molar-refractivity contribution >= 4 is 11.4 Å². The highest BCUT2D eigenvalue weighted by Gasteiger charge is 2.22. The Morgan fingerprint density at radius 1 is 0.778 bits per heavy atom. The fourth-order valence-electron chi connectivity index (χ4n) is 2.83. The quantitative estimate of drug-likeness (QED) is 0.814. The van der Waals surface area contributed by atoms with E-state index >= 15 is 0 Å². The summed E-state index contributed by atoms with van der Waals surface area (Å²) in [5.74, 6) is 0. The van der Waals surface area contributed by atoms with Crippen LogP contribution in [0.15, 0.2) is 24.3 Å². The van der Waals surface area contributed by atoms with Crippen molar-refractivity contribution in [3.8, 4) is 0 Å². The van der Waals surface area contributed by atoms with Gasteiger partial charge >= 0.3 is 0 Å². The second kappa shape index (κ2) is 4.78. The van der Waals surface area contributed by atoms with Crippen molar-refractivity contribution in [3.63, 3.8) is 0 Å². The average molecular weight is 248 g/mol. The molecule has 4 heteroatoms. The zero-order chi connectivity index (χ0) is 12.5. The Kier molecular flexibility index (Phi) is 3.14. The molecular formula is C14H20N2O2. The molecule has 2 heterocycles. The molecule has 1 aromatic carbocycles. The Morgan fingerprint density at radius 2 is 1.17 bits per heavy atom. The zero-order valence-electron chi connectivity index (χ0n) is 10.5. The van der Waals surface area contributed by atoms with Crippen LogP contribution in [0.2, 0.25) is 0 Å². The molecule has 0 saturated carbocycles. The number of benzene rings is 1. The maximum absolute atomic E-state index is 9.54. The third-order valence-corrected chi connectivity index (χ3v) is 3.91. The largest absolute Gasteiger partial charge is 0.391 e. The van der Waals surface area contributed by atoms with Gasteiger partial charge in [0.05, 0.1) is 12.2 Å². The molecule has 0 aromatic heterocycles. The van der Waals surface area contributed by atoms with Crippen molar-refractivity contribution in [2.45, 2.75) is 25.0 Å². The van der Waals surface area contributed by atoms with Crippen molar-refractivity contribution in [1.82, 2.24) is 0 Å². The first-order valence-electron chi connectivity index (χ1n) is 6.68. The number of hydrogen-bond donors (Lipinski definition) is 2. The minimum atomic E-state index is -0.182. The van der Waals surface area contributed by atoms with Crippen LogP contribution in [0.25, 0.3) is 0 Å². The first kappa shape index (κ1) is 11.8. The van der Waals surface area contributed by atoms with E-state index in [9.17, 15) is 10.2 Å². The highest BCUT2D eigenvalue weighted by Crippen LogP contribution is 2.26. The average Bonchev–Trinajstić information content (AvgIpc) is 2.98. The fourth-order valence-corrected chi connectivity index (χ4v) is 2.83. The summed E-state index contributed by atoms with van der Waals surface area (Å²) >= 11 is 0. The second-order valence-corrected chi connectivity index (χ2v) is 5.29. The van der Waals surface area contributed by atoms with Crippen LogP contribution in [0.1, 0.15) is 12.8 Å². The minimum Gasteiger partial charge on any atom is -0.391 e. The predicted octanol–water partition coefficient (Wildman–Crippen LogP) is 0.829. The van der Waals surface area contributed by atoms with Crippen LogP contribution in [0.4, 0.5) is 11.4 Å². The van der Waals surface area contributed by atoms with Gasteiger partial charge in [0.25, 0.3) is 0 Å². The smallest absolute Gasteiger partial charge is 0.0731 e. The lowest BCUT2D eigenvalue weighted by Gasteiger charge is -2.21. The number of hydrogen-bond acceptors (Lipinski definition) is 4. The molecule has 0 aliphatic carbocycles. The summed E-state index contributed by atoms with van der Waals surface area (Å²) in [5, 5.41) is 19.1. The number of nitrogens with zero attached hydrogens (tertiary/aromatic N) is 2. The van der Waals surface area contributed by atoms with Gasteiger partial charge in [-0.3, -0.25) is 0 Å². The summed E-state index contributed by atoms with van der Waals surface area (Å²) in [6, 6.07) is 8.44. The summed E-state index contributed by atoms with van der Waals surface area (Å²) in [5.41, 5.74) is 2.35. The zero-order valence-corrected chi connectivity index (χ0v) is 10.5. The molecule has 2 fully saturated rings. The third-order valence-electron chi connectivity index (χ3n) is 3.91. The van der Waals surface area contributed by atoms with Crippen molar-refractivity contribution in [2.75, 3.05) is 36.0 Å². The summed E-state index contributed by atoms with van der Waals surface area (Å²) in [4.78, 5) is 4.43. The van der Waals surface area contributed by atoms with Crippen LogP contribution in [-0.2, 0) is 0 Å². The molecule has 0 radical (unpaired) electrons. The summed E-state index contributed by atoms with van der Waals surface area (Å²) in [6.07, 6.45) is 1.36. The van der Waals surface area contributed by atoms with Crippen LogP contribution in [0, 0.1) is 0 Å². The molecule has 3 rings (SSSR count).